The standard InChI is InChI=1S/C61H39N3S/c1-6-19-40(20-7-1)45-33-46(41-21-8-2-9-22-41)35-48(34-45)49-36-47(42-23-10-3-11-24-42)37-50(38-49)60-62-59(44-27-14-5-15-28-44)63-61(64-60)54-32-18-31-53-57-52-30-17-16-29-51(52)55(39-56(57)65-58(53)54)43-25-12-4-13-26-43/h1-39H. The van der Waals surface area contributed by atoms with Gasteiger partial charge in [-0.05, 0) is 115 Å². The van der Waals surface area contributed by atoms with E-state index in [1.807, 2.05) is 29.5 Å². The fourth-order valence-corrected chi connectivity index (χ4v) is 10.4. The average molecular weight is 846 g/mol. The van der Waals surface area contributed by atoms with Crippen LogP contribution >= 0.6 is 11.3 Å². The molecule has 0 aliphatic rings. The van der Waals surface area contributed by atoms with Crippen molar-refractivity contribution in [1.29, 1.82) is 0 Å². The summed E-state index contributed by atoms with van der Waals surface area (Å²) in [4.78, 5) is 16.0. The first kappa shape index (κ1) is 38.4. The van der Waals surface area contributed by atoms with Gasteiger partial charge in [0.05, 0.1) is 0 Å². The van der Waals surface area contributed by atoms with E-state index in [2.05, 4.69) is 218 Å². The van der Waals surface area contributed by atoms with E-state index >= 15 is 0 Å². The molecule has 0 fully saturated rings. The molecule has 0 atom stereocenters. The maximum absolute atomic E-state index is 5.43. The zero-order valence-electron chi connectivity index (χ0n) is 35.3. The summed E-state index contributed by atoms with van der Waals surface area (Å²) in [6, 6.07) is 84.2. The molecular weight excluding hydrogens is 807 g/mol. The second kappa shape index (κ2) is 16.4. The molecule has 3 nitrogen and oxygen atoms in total. The molecule has 0 N–H and O–H groups in total. The van der Waals surface area contributed by atoms with E-state index in [4.69, 9.17) is 15.0 Å². The van der Waals surface area contributed by atoms with Crippen molar-refractivity contribution in [1.82, 2.24) is 15.0 Å². The first-order valence-electron chi connectivity index (χ1n) is 21.9. The molecule has 0 saturated heterocycles. The monoisotopic (exact) mass is 845 g/mol. The molecule has 0 saturated carbocycles. The topological polar surface area (TPSA) is 38.7 Å². The van der Waals surface area contributed by atoms with Crippen LogP contribution in [0.5, 0.6) is 0 Å². The van der Waals surface area contributed by atoms with E-state index in [0.717, 1.165) is 54.8 Å². The number of hydrogen-bond acceptors (Lipinski definition) is 4. The predicted octanol–water partition coefficient (Wildman–Crippen LogP) is 16.7. The highest BCUT2D eigenvalue weighted by molar-refractivity contribution is 7.26. The molecular formula is C61H39N3S. The van der Waals surface area contributed by atoms with Crippen LogP contribution in [0.3, 0.4) is 0 Å². The highest BCUT2D eigenvalue weighted by Gasteiger charge is 2.20. The number of rotatable bonds is 8. The van der Waals surface area contributed by atoms with Crippen molar-refractivity contribution in [2.24, 2.45) is 0 Å². The number of fused-ring (bicyclic) bond motifs is 5. The first-order valence-corrected chi connectivity index (χ1v) is 22.7. The summed E-state index contributed by atoms with van der Waals surface area (Å²) in [7, 11) is 0. The van der Waals surface area contributed by atoms with Gasteiger partial charge in [0.25, 0.3) is 0 Å². The zero-order chi connectivity index (χ0) is 43.1. The molecule has 2 heterocycles. The van der Waals surface area contributed by atoms with Crippen molar-refractivity contribution in [3.63, 3.8) is 0 Å². The Labute approximate surface area is 381 Å². The molecule has 2 aromatic heterocycles. The molecule has 65 heavy (non-hydrogen) atoms. The van der Waals surface area contributed by atoms with Gasteiger partial charge >= 0.3 is 0 Å². The molecule has 0 amide bonds. The Morgan fingerprint density at radius 2 is 0.631 bits per heavy atom. The largest absolute Gasteiger partial charge is 0.208 e. The summed E-state index contributed by atoms with van der Waals surface area (Å²) >= 11 is 1.81. The van der Waals surface area contributed by atoms with E-state index in [9.17, 15) is 0 Å². The summed E-state index contributed by atoms with van der Waals surface area (Å²) in [5.41, 5.74) is 14.3. The Morgan fingerprint density at radius 3 is 1.15 bits per heavy atom. The van der Waals surface area contributed by atoms with Gasteiger partial charge < -0.3 is 0 Å². The van der Waals surface area contributed by atoms with Gasteiger partial charge in [0.1, 0.15) is 0 Å². The van der Waals surface area contributed by atoms with Crippen LogP contribution in [-0.2, 0) is 0 Å². The second-order valence-electron chi connectivity index (χ2n) is 16.4. The smallest absolute Gasteiger partial charge is 0.165 e. The quantitative estimate of drug-likeness (QED) is 0.153. The van der Waals surface area contributed by atoms with Crippen molar-refractivity contribution in [3.8, 4) is 89.8 Å². The summed E-state index contributed by atoms with van der Waals surface area (Å²) in [6.45, 7) is 0. The van der Waals surface area contributed by atoms with Crippen molar-refractivity contribution in [2.45, 2.75) is 0 Å². The van der Waals surface area contributed by atoms with Gasteiger partial charge in [-0.15, -0.1) is 11.3 Å². The lowest BCUT2D eigenvalue weighted by Crippen LogP contribution is -2.00. The molecule has 0 radical (unpaired) electrons. The van der Waals surface area contributed by atoms with Crippen molar-refractivity contribution < 1.29 is 0 Å². The van der Waals surface area contributed by atoms with Crippen molar-refractivity contribution in [3.05, 3.63) is 237 Å². The van der Waals surface area contributed by atoms with Gasteiger partial charge in [-0.3, -0.25) is 0 Å². The van der Waals surface area contributed by atoms with Crippen molar-refractivity contribution in [2.75, 3.05) is 0 Å². The predicted molar refractivity (Wildman–Crippen MR) is 274 cm³/mol. The SMILES string of the molecule is c1ccc(-c2cc(-c3ccccc3)cc(-c3cc(-c4ccccc4)cc(-c4nc(-c5ccccc5)nc(-c5cccc6c5sc5cc(-c7ccccc7)c7ccccc7c56)n4)c3)c2)cc1. The summed E-state index contributed by atoms with van der Waals surface area (Å²) in [5.74, 6) is 1.89. The molecule has 12 aromatic rings. The number of thiophene rings is 1. The van der Waals surface area contributed by atoms with Crippen LogP contribution < -0.4 is 0 Å². The van der Waals surface area contributed by atoms with Gasteiger partial charge in [0.15, 0.2) is 17.5 Å². The molecule has 4 heteroatoms. The molecule has 0 spiro atoms. The van der Waals surface area contributed by atoms with Gasteiger partial charge in [-0.2, -0.15) is 0 Å². The third-order valence-corrected chi connectivity index (χ3v) is 13.5. The van der Waals surface area contributed by atoms with Gasteiger partial charge in [-0.25, -0.2) is 15.0 Å². The third kappa shape index (κ3) is 7.26. The first-order chi connectivity index (χ1) is 32.2. The van der Waals surface area contributed by atoms with E-state index in [1.54, 1.807) is 0 Å². The summed E-state index contributed by atoms with van der Waals surface area (Å²) < 4.78 is 2.38. The maximum atomic E-state index is 5.43. The Balaban J connectivity index is 1.09. The normalized spacial score (nSPS) is 11.4. The molecule has 12 rings (SSSR count). The van der Waals surface area contributed by atoms with Gasteiger partial charge in [-0.1, -0.05) is 188 Å². The maximum Gasteiger partial charge on any atom is 0.165 e. The second-order valence-corrected chi connectivity index (χ2v) is 17.4. The molecule has 0 unspecified atom stereocenters. The summed E-state index contributed by atoms with van der Waals surface area (Å²) in [5, 5.41) is 4.94. The average Bonchev–Trinajstić information content (AvgIpc) is 3.78. The molecule has 304 valence electrons. The Hall–Kier alpha value is -8.31. The van der Waals surface area contributed by atoms with Crippen LogP contribution in [0.4, 0.5) is 0 Å². The zero-order valence-corrected chi connectivity index (χ0v) is 36.1. The lowest BCUT2D eigenvalue weighted by atomic mass is 9.91. The van der Waals surface area contributed by atoms with Gasteiger partial charge in [0.2, 0.25) is 0 Å². The van der Waals surface area contributed by atoms with Crippen LogP contribution in [0, 0.1) is 0 Å². The van der Waals surface area contributed by atoms with Crippen LogP contribution in [0.1, 0.15) is 0 Å². The van der Waals surface area contributed by atoms with E-state index in [1.165, 1.54) is 48.5 Å². The fraction of sp³-hybridized carbons (Fsp3) is 0. The van der Waals surface area contributed by atoms with E-state index in [-0.39, 0.29) is 0 Å². The lowest BCUT2D eigenvalue weighted by Gasteiger charge is -2.15. The molecule has 0 aliphatic heterocycles. The number of nitrogens with zero attached hydrogens (tertiary/aromatic N) is 3. The van der Waals surface area contributed by atoms with E-state index in [0.29, 0.717) is 17.5 Å². The third-order valence-electron chi connectivity index (χ3n) is 12.3. The number of hydrogen-bond donors (Lipinski definition) is 0. The minimum absolute atomic E-state index is 0.616. The van der Waals surface area contributed by atoms with Crippen LogP contribution in [0.2, 0.25) is 0 Å². The number of benzene rings is 10. The highest BCUT2D eigenvalue weighted by Crippen LogP contribution is 2.46. The molecule has 10 aromatic carbocycles. The molecule has 0 aliphatic carbocycles. The Kier molecular flexibility index (Phi) is 9.70. The number of aromatic nitrogens is 3. The van der Waals surface area contributed by atoms with Crippen molar-refractivity contribution >= 4 is 42.3 Å². The molecule has 0 bridgehead atoms. The Morgan fingerprint density at radius 1 is 0.246 bits per heavy atom. The fourth-order valence-electron chi connectivity index (χ4n) is 9.15. The van der Waals surface area contributed by atoms with E-state index < -0.39 is 0 Å². The van der Waals surface area contributed by atoms with Crippen LogP contribution in [-0.4, -0.2) is 15.0 Å². The van der Waals surface area contributed by atoms with Gasteiger partial charge in [0, 0.05) is 36.9 Å². The Bertz CT molecular complexity index is 3620. The van der Waals surface area contributed by atoms with Crippen LogP contribution in [0.15, 0.2) is 237 Å². The minimum atomic E-state index is 0.616. The van der Waals surface area contributed by atoms with Crippen LogP contribution in [0.25, 0.3) is 121 Å². The highest BCUT2D eigenvalue weighted by atomic mass is 32.1. The lowest BCUT2D eigenvalue weighted by molar-refractivity contribution is 1.08. The minimum Gasteiger partial charge on any atom is -0.208 e. The summed E-state index contributed by atoms with van der Waals surface area (Å²) in [6.07, 6.45) is 0.